The van der Waals surface area contributed by atoms with Gasteiger partial charge in [-0.1, -0.05) is 6.07 Å². The second kappa shape index (κ2) is 1.76. The molecule has 10 heavy (non-hydrogen) atoms. The van der Waals surface area contributed by atoms with E-state index >= 15 is 0 Å². The summed E-state index contributed by atoms with van der Waals surface area (Å²) < 4.78 is 4.39. The Bertz CT molecular complexity index is 317. The highest BCUT2D eigenvalue weighted by Crippen LogP contribution is 2.20. The molecule has 0 bridgehead atoms. The van der Waals surface area contributed by atoms with Crippen molar-refractivity contribution in [1.82, 2.24) is 15.5 Å². The van der Waals surface area contributed by atoms with Gasteiger partial charge in [-0.2, -0.15) is 0 Å². The second-order valence-corrected chi connectivity index (χ2v) is 2.10. The Hall–Kier alpha value is -1.45. The highest BCUT2D eigenvalue weighted by Gasteiger charge is 2.08. The summed E-state index contributed by atoms with van der Waals surface area (Å²) in [6, 6.07) is 3.78. The highest BCUT2D eigenvalue weighted by molar-refractivity contribution is 5.60. The fourth-order valence-corrected chi connectivity index (χ4v) is 0.889. The number of fused-ring (bicyclic) bond motifs is 1. The van der Waals surface area contributed by atoms with Crippen LogP contribution in [-0.4, -0.2) is 15.5 Å². The van der Waals surface area contributed by atoms with E-state index in [2.05, 4.69) is 20.2 Å². The van der Waals surface area contributed by atoms with E-state index in [9.17, 15) is 0 Å². The minimum atomic E-state index is 0.757. The zero-order valence-electron chi connectivity index (χ0n) is 5.40. The molecular weight excluding hydrogens is 130 g/mol. The van der Waals surface area contributed by atoms with Gasteiger partial charge in [-0.15, -0.1) is 5.10 Å². The summed E-state index contributed by atoms with van der Waals surface area (Å²) in [5, 5.41) is 10.7. The van der Waals surface area contributed by atoms with Gasteiger partial charge in [0.15, 0.2) is 0 Å². The van der Waals surface area contributed by atoms with Gasteiger partial charge in [0.05, 0.1) is 5.27 Å². The first kappa shape index (κ1) is 5.34. The van der Waals surface area contributed by atoms with Gasteiger partial charge in [0, 0.05) is 0 Å². The molecule has 0 aromatic rings. The van der Waals surface area contributed by atoms with E-state index in [1.807, 2.05) is 19.1 Å². The van der Waals surface area contributed by atoms with Gasteiger partial charge in [0.2, 0.25) is 0 Å². The summed E-state index contributed by atoms with van der Waals surface area (Å²) >= 11 is 0. The van der Waals surface area contributed by atoms with Crippen molar-refractivity contribution in [2.75, 3.05) is 0 Å². The second-order valence-electron chi connectivity index (χ2n) is 2.10. The lowest BCUT2D eigenvalue weighted by Crippen LogP contribution is -1.89. The quantitative estimate of drug-likeness (QED) is 0.538. The molecule has 0 atom stereocenters. The van der Waals surface area contributed by atoms with E-state index in [-0.39, 0.29) is 0 Å². The molecule has 0 aromatic carbocycles. The Morgan fingerprint density at radius 1 is 1.40 bits per heavy atom. The molecule has 2 aliphatic rings. The molecule has 1 aliphatic heterocycles. The van der Waals surface area contributed by atoms with Gasteiger partial charge in [-0.05, 0) is 23.7 Å². The molecule has 0 spiro atoms. The summed E-state index contributed by atoms with van der Waals surface area (Å²) in [5.74, 6) is 0. The Morgan fingerprint density at radius 3 is 3.10 bits per heavy atom. The van der Waals surface area contributed by atoms with Crippen LogP contribution in [0.15, 0.2) is 16.8 Å². The maximum Gasteiger partial charge on any atom is 0.134 e. The predicted octanol–water partition coefficient (Wildman–Crippen LogP) is 0.878. The van der Waals surface area contributed by atoms with E-state index in [4.69, 9.17) is 0 Å². The molecule has 2 rings (SSSR count). The van der Waals surface area contributed by atoms with Gasteiger partial charge >= 0.3 is 0 Å². The minimum Gasteiger partial charge on any atom is -0.223 e. The van der Waals surface area contributed by atoms with Crippen LogP contribution >= 0.6 is 0 Å². The van der Waals surface area contributed by atoms with Crippen LogP contribution in [0.5, 0.6) is 0 Å². The molecule has 50 valence electrons. The third-order valence-corrected chi connectivity index (χ3v) is 1.42. The molecule has 0 saturated heterocycles. The van der Waals surface area contributed by atoms with Crippen LogP contribution in [-0.2, 0) is 0 Å². The zero-order valence-corrected chi connectivity index (χ0v) is 5.40. The molecule has 0 amide bonds. The van der Waals surface area contributed by atoms with Crippen LogP contribution in [0.3, 0.4) is 0 Å². The normalized spacial score (nSPS) is 10.5. The molecule has 1 heterocycles. The summed E-state index contributed by atoms with van der Waals surface area (Å²) in [7, 11) is 0. The first-order valence-electron chi connectivity index (χ1n) is 2.92. The van der Waals surface area contributed by atoms with Gasteiger partial charge in [-0.3, -0.25) is 0 Å². The van der Waals surface area contributed by atoms with Crippen molar-refractivity contribution < 1.29 is 4.63 Å². The number of hydrogen-bond acceptors (Lipinski definition) is 4. The number of hydrogen-bond donors (Lipinski definition) is 0. The summed E-state index contributed by atoms with van der Waals surface area (Å²) in [5.41, 5.74) is 2.64. The van der Waals surface area contributed by atoms with Crippen molar-refractivity contribution in [3.05, 3.63) is 17.7 Å². The first-order valence-corrected chi connectivity index (χ1v) is 2.92. The van der Waals surface area contributed by atoms with E-state index in [0.717, 1.165) is 17.0 Å². The molecule has 0 saturated carbocycles. The van der Waals surface area contributed by atoms with Gasteiger partial charge < -0.3 is 0 Å². The van der Waals surface area contributed by atoms with Crippen LogP contribution in [0, 0.1) is 6.92 Å². The SMILES string of the molecule is Cc1ccc2nonnc1-2. The minimum absolute atomic E-state index is 0.757. The standard InChI is InChI=1S/C6H5N3O/c1-4-2-3-5-6(4)7-9-10-8-5/h2-3H,1H3. The maximum atomic E-state index is 4.39. The van der Waals surface area contributed by atoms with Gasteiger partial charge in [0.25, 0.3) is 0 Å². The number of rotatable bonds is 0. The number of aromatic nitrogens is 3. The predicted molar refractivity (Wildman–Crippen MR) is 33.5 cm³/mol. The van der Waals surface area contributed by atoms with Crippen LogP contribution in [0.1, 0.15) is 5.56 Å². The van der Waals surface area contributed by atoms with Crippen LogP contribution < -0.4 is 0 Å². The van der Waals surface area contributed by atoms with Gasteiger partial charge in [-0.25, -0.2) is 4.63 Å². The topological polar surface area (TPSA) is 51.8 Å². The monoisotopic (exact) mass is 135 g/mol. The fourth-order valence-electron chi connectivity index (χ4n) is 0.889. The average molecular weight is 135 g/mol. The molecule has 0 N–H and O–H groups in total. The third-order valence-electron chi connectivity index (χ3n) is 1.42. The molecule has 0 radical (unpaired) electrons. The smallest absolute Gasteiger partial charge is 0.134 e. The van der Waals surface area contributed by atoms with E-state index < -0.39 is 0 Å². The van der Waals surface area contributed by atoms with Crippen molar-refractivity contribution in [3.8, 4) is 11.4 Å². The van der Waals surface area contributed by atoms with Crippen LogP contribution in [0.2, 0.25) is 0 Å². The Balaban J connectivity index is 2.78. The summed E-state index contributed by atoms with van der Waals surface area (Å²) in [4.78, 5) is 0. The maximum absolute atomic E-state index is 4.39. The Kier molecular flexibility index (Phi) is 0.943. The highest BCUT2D eigenvalue weighted by atomic mass is 16.6. The lowest BCUT2D eigenvalue weighted by Gasteiger charge is -1.90. The van der Waals surface area contributed by atoms with Crippen molar-refractivity contribution in [2.45, 2.75) is 6.92 Å². The molecule has 0 aromatic heterocycles. The van der Waals surface area contributed by atoms with Crippen molar-refractivity contribution >= 4 is 0 Å². The molecule has 4 heteroatoms. The lowest BCUT2D eigenvalue weighted by atomic mass is 10.3. The lowest BCUT2D eigenvalue weighted by molar-refractivity contribution is 0.255. The Morgan fingerprint density at radius 2 is 2.30 bits per heavy atom. The fraction of sp³-hybridized carbons (Fsp3) is 0.167. The Labute approximate surface area is 57.2 Å². The first-order chi connectivity index (χ1) is 4.88. The van der Waals surface area contributed by atoms with Crippen LogP contribution in [0.4, 0.5) is 0 Å². The van der Waals surface area contributed by atoms with Crippen LogP contribution in [0.25, 0.3) is 11.4 Å². The van der Waals surface area contributed by atoms with Crippen molar-refractivity contribution in [3.63, 3.8) is 0 Å². The zero-order chi connectivity index (χ0) is 6.97. The number of nitrogens with zero attached hydrogens (tertiary/aromatic N) is 3. The third kappa shape index (κ3) is 0.586. The van der Waals surface area contributed by atoms with E-state index in [1.54, 1.807) is 0 Å². The average Bonchev–Trinajstić information content (AvgIpc) is 2.34. The van der Waals surface area contributed by atoms with Crippen molar-refractivity contribution in [2.24, 2.45) is 0 Å². The number of aryl methyl sites for hydroxylation is 1. The van der Waals surface area contributed by atoms with Gasteiger partial charge in [0.1, 0.15) is 11.4 Å². The molecule has 1 aliphatic carbocycles. The molecule has 0 fully saturated rings. The molecule has 4 nitrogen and oxygen atoms in total. The summed E-state index contributed by atoms with van der Waals surface area (Å²) in [6.45, 7) is 1.96. The molecular formula is C6H5N3O. The summed E-state index contributed by atoms with van der Waals surface area (Å²) in [6.07, 6.45) is 0. The largest absolute Gasteiger partial charge is 0.223 e. The molecule has 0 unspecified atom stereocenters. The van der Waals surface area contributed by atoms with E-state index in [0.29, 0.717) is 0 Å². The van der Waals surface area contributed by atoms with Crippen molar-refractivity contribution in [1.29, 1.82) is 0 Å². The van der Waals surface area contributed by atoms with E-state index in [1.165, 1.54) is 0 Å².